The van der Waals surface area contributed by atoms with Crippen molar-refractivity contribution >= 4 is 56.8 Å². The van der Waals surface area contributed by atoms with Crippen LogP contribution in [0.5, 0.6) is 0 Å². The molecule has 5 unspecified atom stereocenters. The number of nitrogens with zero attached hydrogens (tertiary/aromatic N) is 3. The third-order valence-electron chi connectivity index (χ3n) is 5.02. The average Bonchev–Trinajstić information content (AvgIpc) is 3.37. The van der Waals surface area contributed by atoms with E-state index in [1.165, 1.54) is 27.9 Å². The normalized spacial score (nSPS) is 28.1. The number of nitrogens with one attached hydrogen (secondary N) is 1. The molecule has 2 aliphatic rings. The summed E-state index contributed by atoms with van der Waals surface area (Å²) in [5.74, 6) is 0.571. The third kappa shape index (κ3) is 9.75. The van der Waals surface area contributed by atoms with Crippen LogP contribution in [0, 0.1) is 0 Å². The van der Waals surface area contributed by atoms with Gasteiger partial charge in [-0.15, -0.1) is 0 Å². The van der Waals surface area contributed by atoms with E-state index in [2.05, 4.69) is 28.4 Å². The number of guanidine groups is 1. The Hall–Kier alpha value is -0.570. The molecule has 0 bridgehead atoms. The number of phosphoric ester groups is 1. The fourth-order valence-electron chi connectivity index (χ4n) is 3.28. The molecule has 0 amide bonds. The lowest BCUT2D eigenvalue weighted by atomic mass is 10.2. The van der Waals surface area contributed by atoms with E-state index in [-0.39, 0.29) is 23.1 Å². The molecule has 224 valence electrons. The Balaban J connectivity index is 1.71. The van der Waals surface area contributed by atoms with Crippen molar-refractivity contribution in [3.8, 4) is 0 Å². The number of aromatic nitrogens is 2. The van der Waals surface area contributed by atoms with E-state index < -0.39 is 54.7 Å². The Bertz CT molecular complexity index is 1200. The number of fused-ring (bicyclic) bond motifs is 1. The van der Waals surface area contributed by atoms with Crippen LogP contribution in [0.15, 0.2) is 11.3 Å². The van der Waals surface area contributed by atoms with Crippen LogP contribution >= 0.6 is 45.1 Å². The smallest absolute Gasteiger partial charge is 0.280 e. The third-order valence-corrected chi connectivity index (χ3v) is 11.7. The van der Waals surface area contributed by atoms with Crippen molar-refractivity contribution in [1.29, 1.82) is 0 Å². The lowest BCUT2D eigenvalue weighted by Gasteiger charge is -2.33. The molecule has 24 heteroatoms. The molecular formula is C15H27N7O12P3S2-3. The number of hydrogen-bond acceptors (Lipinski definition) is 19. The van der Waals surface area contributed by atoms with Gasteiger partial charge in [0.25, 0.3) is 23.5 Å². The summed E-state index contributed by atoms with van der Waals surface area (Å²) in [4.78, 5) is 50.9. The van der Waals surface area contributed by atoms with E-state index in [0.29, 0.717) is 18.1 Å². The van der Waals surface area contributed by atoms with Gasteiger partial charge in [-0.3, -0.25) is 18.3 Å². The van der Waals surface area contributed by atoms with Gasteiger partial charge in [-0.05, 0) is 13.8 Å². The van der Waals surface area contributed by atoms with Gasteiger partial charge in [-0.1, -0.05) is 21.6 Å². The van der Waals surface area contributed by atoms with Crippen molar-refractivity contribution in [3.05, 3.63) is 12.0 Å². The number of phosphoric acid groups is 3. The maximum Gasteiger partial charge on any atom is 0.280 e. The second kappa shape index (κ2) is 12.7. The Kier molecular flexibility index (Phi) is 10.8. The molecule has 1 aromatic rings. The minimum atomic E-state index is -6.05. The minimum absolute atomic E-state index is 0.0394. The number of hydrogen-bond donors (Lipinski definition) is 5. The molecule has 7 atom stereocenters. The summed E-state index contributed by atoms with van der Waals surface area (Å²) in [5, 5.41) is 2.84. The van der Waals surface area contributed by atoms with Crippen LogP contribution in [0.4, 0.5) is 5.82 Å². The number of rotatable bonds is 14. The Labute approximate surface area is 230 Å². The Morgan fingerprint density at radius 3 is 2.62 bits per heavy atom. The molecule has 19 nitrogen and oxygen atoms in total. The zero-order valence-corrected chi connectivity index (χ0v) is 24.7. The van der Waals surface area contributed by atoms with Gasteiger partial charge in [0.05, 0.1) is 19.0 Å². The molecule has 3 rings (SSSR count). The summed E-state index contributed by atoms with van der Waals surface area (Å²) in [7, 11) is -14.8. The van der Waals surface area contributed by atoms with Gasteiger partial charge in [0.1, 0.15) is 35.9 Å². The number of anilines is 1. The van der Waals surface area contributed by atoms with Crippen molar-refractivity contribution in [3.63, 3.8) is 0 Å². The highest BCUT2D eigenvalue weighted by Gasteiger charge is 2.40. The van der Waals surface area contributed by atoms with Crippen LogP contribution in [-0.2, 0) is 36.3 Å². The maximum atomic E-state index is 12.0. The van der Waals surface area contributed by atoms with E-state index in [4.69, 9.17) is 31.6 Å². The van der Waals surface area contributed by atoms with Crippen molar-refractivity contribution in [2.75, 3.05) is 24.4 Å². The van der Waals surface area contributed by atoms with Gasteiger partial charge in [0.2, 0.25) is 0 Å². The van der Waals surface area contributed by atoms with Gasteiger partial charge >= 0.3 is 0 Å². The molecule has 0 aromatic carbocycles. The molecule has 0 aliphatic carbocycles. The molecule has 0 spiro atoms. The first-order valence-corrected chi connectivity index (χ1v) is 17.6. The highest BCUT2D eigenvalue weighted by atomic mass is 33.1. The van der Waals surface area contributed by atoms with Crippen LogP contribution in [0.1, 0.15) is 38.4 Å². The molecular weight excluding hydrogens is 627 g/mol. The summed E-state index contributed by atoms with van der Waals surface area (Å²) in [6.45, 7) is 3.50. The molecule has 39 heavy (non-hydrogen) atoms. The predicted octanol–water partition coefficient (Wildman–Crippen LogP) is -1.22. The summed E-state index contributed by atoms with van der Waals surface area (Å²) in [5.41, 5.74) is 17.8. The molecule has 2 aliphatic heterocycles. The fourth-order valence-corrected chi connectivity index (χ4v) is 8.32. The van der Waals surface area contributed by atoms with Gasteiger partial charge in [0, 0.05) is 17.7 Å². The highest BCUT2D eigenvalue weighted by molar-refractivity contribution is 8.77. The Morgan fingerprint density at radius 2 is 1.97 bits per heavy atom. The zero-order chi connectivity index (χ0) is 29.2. The number of nitrogens with two attached hydrogens (primary N) is 3. The van der Waals surface area contributed by atoms with Crippen molar-refractivity contribution < 1.29 is 55.9 Å². The lowest BCUT2D eigenvalue weighted by Crippen LogP contribution is -2.32. The maximum absolute atomic E-state index is 12.0. The largest absolute Gasteiger partial charge is 0.756 e. The van der Waals surface area contributed by atoms with Gasteiger partial charge < -0.3 is 56.1 Å². The van der Waals surface area contributed by atoms with Crippen LogP contribution in [0.3, 0.4) is 0 Å². The van der Waals surface area contributed by atoms with E-state index >= 15 is 0 Å². The monoisotopic (exact) mass is 654 g/mol. The minimum Gasteiger partial charge on any atom is -0.756 e. The summed E-state index contributed by atoms with van der Waals surface area (Å²) < 4.78 is 58.8. The van der Waals surface area contributed by atoms with E-state index in [1.54, 1.807) is 4.57 Å². The van der Waals surface area contributed by atoms with E-state index in [1.807, 2.05) is 13.8 Å². The quantitative estimate of drug-likeness (QED) is 0.0679. The first kappa shape index (κ1) is 32.9. The predicted molar refractivity (Wildman–Crippen MR) is 134 cm³/mol. The number of aliphatic imine (C=N–C) groups is 1. The average molecular weight is 654 g/mol. The standard InChI is InChI=1S/C15H30N7O12P3S2/c1-15(2,5-16)39-38-7-30-8-3-10(22-6-19-11-12(17)20-14(18)21-13(11)22)32-9(8)4-31-36(26,27)34-37(28,29)33-35(23,24)25/h6,8-10,12H,3-5,7,16-17H2,1-2H3,(H,26,27)(H,28,29)(H3,18,20,21)(H2,23,24,25)/p-3/t8?,9-,10-,12?/m1/s1. The van der Waals surface area contributed by atoms with Crippen LogP contribution < -0.4 is 37.2 Å². The molecule has 1 saturated heterocycles. The number of imidazole rings is 1. The fraction of sp³-hybridized carbons (Fsp3) is 0.733. The first-order valence-electron chi connectivity index (χ1n) is 10.8. The summed E-state index contributed by atoms with van der Waals surface area (Å²) in [6, 6.07) is 0. The van der Waals surface area contributed by atoms with Crippen LogP contribution in [-0.4, -0.2) is 56.4 Å². The summed E-state index contributed by atoms with van der Waals surface area (Å²) in [6.07, 6.45) is -1.91. The van der Waals surface area contributed by atoms with E-state index in [0.717, 1.165) is 0 Å². The van der Waals surface area contributed by atoms with Crippen molar-refractivity contribution in [2.45, 2.75) is 49.6 Å². The number of ether oxygens (including phenoxy) is 2. The van der Waals surface area contributed by atoms with Crippen LogP contribution in [0.25, 0.3) is 0 Å². The molecule has 1 aromatic heterocycles. The van der Waals surface area contributed by atoms with Gasteiger partial charge in [-0.25, -0.2) is 18.6 Å². The first-order chi connectivity index (χ1) is 17.9. The van der Waals surface area contributed by atoms with Gasteiger partial charge in [0.15, 0.2) is 5.96 Å². The second-order valence-electron chi connectivity index (χ2n) is 8.64. The second-order valence-corrected chi connectivity index (χ2v) is 15.9. The lowest BCUT2D eigenvalue weighted by molar-refractivity contribution is -0.250. The summed E-state index contributed by atoms with van der Waals surface area (Å²) >= 11 is 0. The van der Waals surface area contributed by atoms with Crippen LogP contribution in [0.2, 0.25) is 0 Å². The molecule has 3 heterocycles. The highest BCUT2D eigenvalue weighted by Crippen LogP contribution is 2.61. The Morgan fingerprint density at radius 1 is 1.28 bits per heavy atom. The topological polar surface area (TPSA) is 307 Å². The van der Waals surface area contributed by atoms with Gasteiger partial charge in [-0.2, -0.15) is 0 Å². The molecule has 8 N–H and O–H groups in total. The van der Waals surface area contributed by atoms with E-state index in [9.17, 15) is 28.4 Å². The molecule has 1 fully saturated rings. The SMILES string of the molecule is CC(C)(CN)SSCOC1C[C@H](n2cnc3c2NC(N)=NC3N)O[C@@H]1COP(=O)([O-])OP(=O)([O-])OP(=O)([O-])O. The zero-order valence-electron chi connectivity index (χ0n) is 20.4. The van der Waals surface area contributed by atoms with Crippen molar-refractivity contribution in [2.24, 2.45) is 22.2 Å². The van der Waals surface area contributed by atoms with Crippen molar-refractivity contribution in [1.82, 2.24) is 9.55 Å². The molecule has 0 radical (unpaired) electrons. The molecule has 0 saturated carbocycles.